The molecular formula is C13H15BrN4. The summed E-state index contributed by atoms with van der Waals surface area (Å²) in [6.45, 7) is 3.49. The van der Waals surface area contributed by atoms with Gasteiger partial charge in [-0.2, -0.15) is 0 Å². The Morgan fingerprint density at radius 2 is 2.11 bits per heavy atom. The molecule has 0 aliphatic heterocycles. The van der Waals surface area contributed by atoms with E-state index < -0.39 is 0 Å². The molecule has 0 radical (unpaired) electrons. The molecule has 0 spiro atoms. The Morgan fingerprint density at radius 1 is 1.28 bits per heavy atom. The summed E-state index contributed by atoms with van der Waals surface area (Å²) in [7, 11) is 0. The third-order valence-corrected chi connectivity index (χ3v) is 3.13. The second-order valence-corrected chi connectivity index (χ2v) is 4.99. The zero-order chi connectivity index (χ0) is 13.0. The molecule has 5 heteroatoms. The maximum absolute atomic E-state index is 5.60. The van der Waals surface area contributed by atoms with Crippen LogP contribution in [0.15, 0.2) is 34.9 Å². The van der Waals surface area contributed by atoms with Gasteiger partial charge in [0.05, 0.1) is 6.54 Å². The molecule has 0 saturated heterocycles. The molecule has 2 rings (SSSR count). The van der Waals surface area contributed by atoms with Gasteiger partial charge in [-0.15, -0.1) is 0 Å². The topological polar surface area (TPSA) is 63.8 Å². The molecule has 0 amide bonds. The standard InChI is InChI=1S/C13H15BrN4/c1-9-2-3-11(14)6-10(9)7-16-8-13-17-5-4-12(15)18-13/h2-6,16H,7-8H2,1H3,(H2,15,17,18). The van der Waals surface area contributed by atoms with Crippen LogP contribution in [0.3, 0.4) is 0 Å². The fourth-order valence-electron chi connectivity index (χ4n) is 1.64. The second kappa shape index (κ2) is 5.93. The van der Waals surface area contributed by atoms with Gasteiger partial charge < -0.3 is 11.1 Å². The molecule has 3 N–H and O–H groups in total. The Labute approximate surface area is 115 Å². The van der Waals surface area contributed by atoms with Crippen molar-refractivity contribution in [3.63, 3.8) is 0 Å². The maximum atomic E-state index is 5.60. The molecule has 0 saturated carbocycles. The molecule has 0 aliphatic carbocycles. The molecule has 1 heterocycles. The van der Waals surface area contributed by atoms with Crippen LogP contribution in [0.4, 0.5) is 5.82 Å². The van der Waals surface area contributed by atoms with E-state index in [4.69, 9.17) is 5.73 Å². The number of nitrogen functional groups attached to an aromatic ring is 1. The van der Waals surface area contributed by atoms with E-state index in [0.717, 1.165) is 11.0 Å². The first-order chi connectivity index (χ1) is 8.65. The summed E-state index contributed by atoms with van der Waals surface area (Å²) in [4.78, 5) is 8.29. The maximum Gasteiger partial charge on any atom is 0.144 e. The van der Waals surface area contributed by atoms with E-state index in [9.17, 15) is 0 Å². The number of aromatic nitrogens is 2. The molecular weight excluding hydrogens is 292 g/mol. The number of hydrogen-bond acceptors (Lipinski definition) is 4. The van der Waals surface area contributed by atoms with Crippen LogP contribution in [0.2, 0.25) is 0 Å². The van der Waals surface area contributed by atoms with E-state index in [1.807, 2.05) is 6.07 Å². The minimum absolute atomic E-state index is 0.500. The van der Waals surface area contributed by atoms with E-state index in [1.54, 1.807) is 12.3 Å². The Bertz CT molecular complexity index is 542. The van der Waals surface area contributed by atoms with E-state index in [1.165, 1.54) is 11.1 Å². The van der Waals surface area contributed by atoms with Crippen LogP contribution < -0.4 is 11.1 Å². The summed E-state index contributed by atoms with van der Waals surface area (Å²) in [5.41, 5.74) is 8.12. The smallest absolute Gasteiger partial charge is 0.144 e. The zero-order valence-electron chi connectivity index (χ0n) is 10.2. The molecule has 0 unspecified atom stereocenters. The highest BCUT2D eigenvalue weighted by atomic mass is 79.9. The Morgan fingerprint density at radius 3 is 2.89 bits per heavy atom. The van der Waals surface area contributed by atoms with Gasteiger partial charge in [0.1, 0.15) is 11.6 Å². The van der Waals surface area contributed by atoms with E-state index in [-0.39, 0.29) is 0 Å². The number of anilines is 1. The van der Waals surface area contributed by atoms with Gasteiger partial charge in [0.2, 0.25) is 0 Å². The third-order valence-electron chi connectivity index (χ3n) is 2.64. The minimum Gasteiger partial charge on any atom is -0.384 e. The second-order valence-electron chi connectivity index (χ2n) is 4.07. The Kier molecular flexibility index (Phi) is 4.28. The molecule has 2 aromatic rings. The van der Waals surface area contributed by atoms with E-state index in [0.29, 0.717) is 18.2 Å². The first kappa shape index (κ1) is 13.0. The van der Waals surface area contributed by atoms with Gasteiger partial charge in [0, 0.05) is 17.2 Å². The van der Waals surface area contributed by atoms with Crippen LogP contribution in [0.1, 0.15) is 17.0 Å². The van der Waals surface area contributed by atoms with E-state index >= 15 is 0 Å². The predicted octanol–water partition coefficient (Wildman–Crippen LogP) is 2.42. The third kappa shape index (κ3) is 3.51. The van der Waals surface area contributed by atoms with Gasteiger partial charge in [-0.05, 0) is 36.2 Å². The van der Waals surface area contributed by atoms with Crippen LogP contribution in [0, 0.1) is 6.92 Å². The van der Waals surface area contributed by atoms with Crippen molar-refractivity contribution in [3.8, 4) is 0 Å². The van der Waals surface area contributed by atoms with Crippen molar-refractivity contribution in [1.82, 2.24) is 15.3 Å². The first-order valence-electron chi connectivity index (χ1n) is 5.68. The number of nitrogens with two attached hydrogens (primary N) is 1. The number of benzene rings is 1. The van der Waals surface area contributed by atoms with Crippen molar-refractivity contribution < 1.29 is 0 Å². The lowest BCUT2D eigenvalue weighted by Gasteiger charge is -2.08. The van der Waals surface area contributed by atoms with Gasteiger partial charge in [0.25, 0.3) is 0 Å². The van der Waals surface area contributed by atoms with Gasteiger partial charge in [-0.1, -0.05) is 22.0 Å². The number of hydrogen-bond donors (Lipinski definition) is 2. The quantitative estimate of drug-likeness (QED) is 0.910. The average Bonchev–Trinajstić information content (AvgIpc) is 2.34. The van der Waals surface area contributed by atoms with Crippen molar-refractivity contribution in [2.75, 3.05) is 5.73 Å². The molecule has 0 bridgehead atoms. The summed E-state index contributed by atoms with van der Waals surface area (Å²) in [6, 6.07) is 7.93. The summed E-state index contributed by atoms with van der Waals surface area (Å²) in [6.07, 6.45) is 1.67. The lowest BCUT2D eigenvalue weighted by Crippen LogP contribution is -2.16. The zero-order valence-corrected chi connectivity index (χ0v) is 11.7. The number of aryl methyl sites for hydroxylation is 1. The lowest BCUT2D eigenvalue weighted by atomic mass is 10.1. The molecule has 1 aromatic carbocycles. The highest BCUT2D eigenvalue weighted by Gasteiger charge is 2.01. The van der Waals surface area contributed by atoms with Gasteiger partial charge in [-0.3, -0.25) is 0 Å². The van der Waals surface area contributed by atoms with Crippen molar-refractivity contribution in [3.05, 3.63) is 51.9 Å². The molecule has 1 aromatic heterocycles. The van der Waals surface area contributed by atoms with Crippen LogP contribution in [0.25, 0.3) is 0 Å². The molecule has 94 valence electrons. The van der Waals surface area contributed by atoms with Gasteiger partial charge in [0.15, 0.2) is 0 Å². The summed E-state index contributed by atoms with van der Waals surface area (Å²) in [5, 5.41) is 3.31. The number of nitrogens with one attached hydrogen (secondary N) is 1. The summed E-state index contributed by atoms with van der Waals surface area (Å²) < 4.78 is 1.09. The predicted molar refractivity (Wildman–Crippen MR) is 75.9 cm³/mol. The van der Waals surface area contributed by atoms with Crippen LogP contribution in [-0.2, 0) is 13.1 Å². The lowest BCUT2D eigenvalue weighted by molar-refractivity contribution is 0.661. The van der Waals surface area contributed by atoms with Crippen molar-refractivity contribution in [2.45, 2.75) is 20.0 Å². The minimum atomic E-state index is 0.500. The molecule has 0 aliphatic rings. The highest BCUT2D eigenvalue weighted by Crippen LogP contribution is 2.15. The van der Waals surface area contributed by atoms with Crippen molar-refractivity contribution >= 4 is 21.7 Å². The van der Waals surface area contributed by atoms with E-state index in [2.05, 4.69) is 50.3 Å². The fraction of sp³-hybridized carbons (Fsp3) is 0.231. The first-order valence-corrected chi connectivity index (χ1v) is 6.47. The monoisotopic (exact) mass is 306 g/mol. The summed E-state index contributed by atoms with van der Waals surface area (Å²) in [5.74, 6) is 1.21. The van der Waals surface area contributed by atoms with Gasteiger partial charge in [-0.25, -0.2) is 9.97 Å². The normalized spacial score (nSPS) is 10.6. The van der Waals surface area contributed by atoms with Crippen molar-refractivity contribution in [2.24, 2.45) is 0 Å². The van der Waals surface area contributed by atoms with Crippen LogP contribution >= 0.6 is 15.9 Å². The summed E-state index contributed by atoms with van der Waals surface area (Å²) >= 11 is 3.47. The van der Waals surface area contributed by atoms with Crippen LogP contribution in [0.5, 0.6) is 0 Å². The molecule has 0 fully saturated rings. The van der Waals surface area contributed by atoms with Crippen LogP contribution in [-0.4, -0.2) is 9.97 Å². The molecule has 4 nitrogen and oxygen atoms in total. The number of rotatable bonds is 4. The molecule has 18 heavy (non-hydrogen) atoms. The average molecular weight is 307 g/mol. The van der Waals surface area contributed by atoms with Crippen molar-refractivity contribution in [1.29, 1.82) is 0 Å². The Hall–Kier alpha value is -1.46. The number of nitrogens with zero attached hydrogens (tertiary/aromatic N) is 2. The van der Waals surface area contributed by atoms with Gasteiger partial charge >= 0.3 is 0 Å². The fourth-order valence-corrected chi connectivity index (χ4v) is 2.05. The molecule has 0 atom stereocenters. The largest absolute Gasteiger partial charge is 0.384 e. The SMILES string of the molecule is Cc1ccc(Br)cc1CNCc1nccc(N)n1. The highest BCUT2D eigenvalue weighted by molar-refractivity contribution is 9.10. The Balaban J connectivity index is 1.94. The number of halogens is 1.